The zero-order chi connectivity index (χ0) is 22.0. The van der Waals surface area contributed by atoms with E-state index in [4.69, 9.17) is 17.0 Å². The van der Waals surface area contributed by atoms with Crippen molar-refractivity contribution in [2.45, 2.75) is 5.75 Å². The summed E-state index contributed by atoms with van der Waals surface area (Å²) in [5, 5.41) is 12.0. The summed E-state index contributed by atoms with van der Waals surface area (Å²) >= 11 is 6.41. The number of nitrogens with zero attached hydrogens (tertiary/aromatic N) is 2. The summed E-state index contributed by atoms with van der Waals surface area (Å²) in [6, 6.07) is 19.8. The largest absolute Gasteiger partial charge is 0.340 e. The first-order valence-corrected chi connectivity index (χ1v) is 11.9. The quantitative estimate of drug-likeness (QED) is 0.332. The maximum absolute atomic E-state index is 11.4. The first kappa shape index (κ1) is 21.0. The predicted octanol–water partition coefficient (Wildman–Crippen LogP) is 4.93. The third-order valence-corrected chi connectivity index (χ3v) is 5.82. The maximum atomic E-state index is 11.4. The first-order valence-electron chi connectivity index (χ1n) is 9.43. The fraction of sp³-hybridized carbons (Fsp3) is 0.0870. The molecule has 0 radical (unpaired) electrons. The van der Waals surface area contributed by atoms with E-state index in [1.54, 1.807) is 42.6 Å². The van der Waals surface area contributed by atoms with Crippen LogP contribution in [0, 0.1) is 5.41 Å². The van der Waals surface area contributed by atoms with E-state index < -0.39 is 9.84 Å². The van der Waals surface area contributed by atoms with E-state index in [1.807, 2.05) is 30.3 Å². The molecule has 0 aliphatic carbocycles. The maximum Gasteiger partial charge on any atom is 0.151 e. The van der Waals surface area contributed by atoms with Gasteiger partial charge >= 0.3 is 0 Å². The van der Waals surface area contributed by atoms with E-state index in [2.05, 4.69) is 15.3 Å². The highest BCUT2D eigenvalue weighted by atomic mass is 35.5. The average molecular weight is 451 g/mol. The molecule has 0 saturated carbocycles. The average Bonchev–Trinajstić information content (AvgIpc) is 2.74. The van der Waals surface area contributed by atoms with Crippen molar-refractivity contribution in [3.8, 4) is 11.3 Å². The van der Waals surface area contributed by atoms with Gasteiger partial charge < -0.3 is 5.32 Å². The van der Waals surface area contributed by atoms with Crippen LogP contribution >= 0.6 is 11.6 Å². The fourth-order valence-corrected chi connectivity index (χ4v) is 4.19. The summed E-state index contributed by atoms with van der Waals surface area (Å²) in [4.78, 5) is 9.09. The van der Waals surface area contributed by atoms with Gasteiger partial charge in [-0.1, -0.05) is 48.0 Å². The number of anilines is 1. The van der Waals surface area contributed by atoms with Gasteiger partial charge in [0, 0.05) is 23.1 Å². The zero-order valence-electron chi connectivity index (χ0n) is 16.6. The highest BCUT2D eigenvalue weighted by Gasteiger charge is 2.10. The Morgan fingerprint density at radius 2 is 1.74 bits per heavy atom. The van der Waals surface area contributed by atoms with Crippen LogP contribution in [0.25, 0.3) is 22.3 Å². The third-order valence-electron chi connectivity index (χ3n) is 4.63. The van der Waals surface area contributed by atoms with Crippen LogP contribution in [0.2, 0.25) is 5.02 Å². The molecule has 1 heterocycles. The Morgan fingerprint density at radius 1 is 1.03 bits per heavy atom. The lowest BCUT2D eigenvalue weighted by molar-refractivity contribution is 0.601. The van der Waals surface area contributed by atoms with Crippen molar-refractivity contribution in [3.63, 3.8) is 0 Å². The molecule has 0 amide bonds. The molecular formula is C23H19ClN4O2S. The molecule has 0 fully saturated rings. The zero-order valence-corrected chi connectivity index (χ0v) is 18.2. The second-order valence-electron chi connectivity index (χ2n) is 7.21. The molecule has 31 heavy (non-hydrogen) atoms. The van der Waals surface area contributed by atoms with Gasteiger partial charge in [-0.25, -0.2) is 13.4 Å². The second kappa shape index (κ2) is 8.45. The van der Waals surface area contributed by atoms with Crippen molar-refractivity contribution in [1.29, 1.82) is 5.41 Å². The number of hydrogen-bond donors (Lipinski definition) is 2. The number of aromatic nitrogens is 2. The van der Waals surface area contributed by atoms with E-state index in [9.17, 15) is 8.42 Å². The number of para-hydroxylation sites is 2. The first-order chi connectivity index (χ1) is 14.8. The lowest BCUT2D eigenvalue weighted by atomic mass is 10.1. The molecule has 8 heteroatoms. The number of hydrogen-bond acceptors (Lipinski definition) is 5. The van der Waals surface area contributed by atoms with E-state index >= 15 is 0 Å². The molecule has 0 atom stereocenters. The smallest absolute Gasteiger partial charge is 0.151 e. The Bertz CT molecular complexity index is 1390. The molecule has 6 nitrogen and oxygen atoms in total. The van der Waals surface area contributed by atoms with Crippen molar-refractivity contribution < 1.29 is 8.42 Å². The number of amidine groups is 1. The van der Waals surface area contributed by atoms with Gasteiger partial charge in [-0.3, -0.25) is 10.4 Å². The summed E-state index contributed by atoms with van der Waals surface area (Å²) in [6.45, 7) is 0. The summed E-state index contributed by atoms with van der Waals surface area (Å²) in [6.07, 6.45) is 2.88. The molecule has 156 valence electrons. The summed E-state index contributed by atoms with van der Waals surface area (Å²) in [7, 11) is -3.10. The standard InChI is InChI=1S/C23H19ClN4O2S/c1-31(29,30)14-15-6-8-16(9-7-15)23(25)27-17-10-11-19(24)18(12-17)22-13-26-20-4-2-3-5-21(20)28-22/h2-13H,14H2,1H3,(H2,25,27). The highest BCUT2D eigenvalue weighted by Crippen LogP contribution is 2.30. The predicted molar refractivity (Wildman–Crippen MR) is 125 cm³/mol. The second-order valence-corrected chi connectivity index (χ2v) is 9.75. The Labute approximate surface area is 185 Å². The van der Waals surface area contributed by atoms with Crippen LogP contribution in [0.5, 0.6) is 0 Å². The Balaban J connectivity index is 1.57. The van der Waals surface area contributed by atoms with Gasteiger partial charge in [-0.2, -0.15) is 0 Å². The Morgan fingerprint density at radius 3 is 2.45 bits per heavy atom. The number of halogens is 1. The van der Waals surface area contributed by atoms with Crippen LogP contribution in [0.1, 0.15) is 11.1 Å². The van der Waals surface area contributed by atoms with Gasteiger partial charge in [-0.05, 0) is 35.9 Å². The molecule has 0 spiro atoms. The molecule has 0 aliphatic heterocycles. The van der Waals surface area contributed by atoms with E-state index in [0.29, 0.717) is 33.1 Å². The van der Waals surface area contributed by atoms with E-state index in [0.717, 1.165) is 11.0 Å². The molecule has 4 rings (SSSR count). The number of fused-ring (bicyclic) bond motifs is 1. The summed E-state index contributed by atoms with van der Waals surface area (Å²) in [5.41, 5.74) is 4.93. The number of sulfone groups is 1. The SMILES string of the molecule is CS(=O)(=O)Cc1ccc(C(=N)Nc2ccc(Cl)c(-c3cnc4ccccc4n3)c2)cc1. The lowest BCUT2D eigenvalue weighted by Gasteiger charge is -2.12. The number of benzene rings is 3. The fourth-order valence-electron chi connectivity index (χ4n) is 3.17. The summed E-state index contributed by atoms with van der Waals surface area (Å²) < 4.78 is 22.9. The van der Waals surface area contributed by atoms with Crippen LogP contribution in [-0.4, -0.2) is 30.5 Å². The molecule has 0 unspecified atom stereocenters. The lowest BCUT2D eigenvalue weighted by Crippen LogP contribution is -2.12. The number of nitrogens with one attached hydrogen (secondary N) is 2. The minimum atomic E-state index is -3.10. The molecule has 2 N–H and O–H groups in total. The molecule has 0 saturated heterocycles. The van der Waals surface area contributed by atoms with Crippen molar-refractivity contribution in [2.75, 3.05) is 11.6 Å². The van der Waals surface area contributed by atoms with Gasteiger partial charge in [0.15, 0.2) is 9.84 Å². The Kier molecular flexibility index (Phi) is 5.71. The minimum Gasteiger partial charge on any atom is -0.340 e. The van der Waals surface area contributed by atoms with Gasteiger partial charge in [0.2, 0.25) is 0 Å². The van der Waals surface area contributed by atoms with Gasteiger partial charge in [0.25, 0.3) is 0 Å². The minimum absolute atomic E-state index is 0.0264. The van der Waals surface area contributed by atoms with Gasteiger partial charge in [0.1, 0.15) is 5.84 Å². The molecule has 1 aromatic heterocycles. The van der Waals surface area contributed by atoms with Crippen LogP contribution in [0.4, 0.5) is 5.69 Å². The third kappa shape index (κ3) is 5.07. The molecular weight excluding hydrogens is 432 g/mol. The Hall–Kier alpha value is -3.29. The van der Waals surface area contributed by atoms with Crippen molar-refractivity contribution in [2.24, 2.45) is 0 Å². The van der Waals surface area contributed by atoms with Crippen molar-refractivity contribution in [3.05, 3.63) is 89.1 Å². The molecule has 3 aromatic carbocycles. The van der Waals surface area contributed by atoms with Crippen LogP contribution in [0.15, 0.2) is 72.9 Å². The topological polar surface area (TPSA) is 95.8 Å². The number of rotatable bonds is 5. The van der Waals surface area contributed by atoms with Crippen molar-refractivity contribution in [1.82, 2.24) is 9.97 Å². The monoisotopic (exact) mass is 450 g/mol. The van der Waals surface area contributed by atoms with E-state index in [-0.39, 0.29) is 11.6 Å². The van der Waals surface area contributed by atoms with E-state index in [1.165, 1.54) is 6.26 Å². The summed E-state index contributed by atoms with van der Waals surface area (Å²) in [5.74, 6) is 0.158. The van der Waals surface area contributed by atoms with Gasteiger partial charge in [-0.15, -0.1) is 0 Å². The molecule has 4 aromatic rings. The highest BCUT2D eigenvalue weighted by molar-refractivity contribution is 7.89. The van der Waals surface area contributed by atoms with Crippen LogP contribution in [-0.2, 0) is 15.6 Å². The van der Waals surface area contributed by atoms with Gasteiger partial charge in [0.05, 0.1) is 33.7 Å². The van der Waals surface area contributed by atoms with Crippen molar-refractivity contribution >= 4 is 44.0 Å². The van der Waals surface area contributed by atoms with Crippen LogP contribution in [0.3, 0.4) is 0 Å². The molecule has 0 bridgehead atoms. The normalized spacial score (nSPS) is 11.4. The van der Waals surface area contributed by atoms with Crippen LogP contribution < -0.4 is 5.32 Å². The molecule has 0 aliphatic rings.